The van der Waals surface area contributed by atoms with Crippen LogP contribution in [0.3, 0.4) is 0 Å². The van der Waals surface area contributed by atoms with Gasteiger partial charge in [-0.1, -0.05) is 41.6 Å². The van der Waals surface area contributed by atoms with Crippen LogP contribution in [0.25, 0.3) is 10.9 Å². The molecule has 0 atom stereocenters. The summed E-state index contributed by atoms with van der Waals surface area (Å²) < 4.78 is 0. The smallest absolute Gasteiger partial charge is 0.266 e. The zero-order valence-electron chi connectivity index (χ0n) is 10.9. The van der Waals surface area contributed by atoms with E-state index in [9.17, 15) is 9.90 Å². The van der Waals surface area contributed by atoms with E-state index < -0.39 is 0 Å². The second-order valence-corrected chi connectivity index (χ2v) is 5.68. The molecule has 0 amide bonds. The summed E-state index contributed by atoms with van der Waals surface area (Å²) in [6.07, 6.45) is 0. The molecule has 0 aliphatic heterocycles. The fourth-order valence-corrected chi connectivity index (χ4v) is 2.88. The first kappa shape index (κ1) is 12.8. The number of hydrogen-bond acceptors (Lipinski definition) is 3. The first-order valence-corrected chi connectivity index (χ1v) is 7.05. The lowest BCUT2D eigenvalue weighted by Gasteiger charge is -2.07. The second kappa shape index (κ2) is 5.06. The molecule has 3 aromatic rings. The van der Waals surface area contributed by atoms with Crippen molar-refractivity contribution in [2.45, 2.75) is 16.7 Å². The van der Waals surface area contributed by atoms with Gasteiger partial charge in [0.1, 0.15) is 10.6 Å². The maximum absolute atomic E-state index is 12.1. The maximum Gasteiger partial charge on any atom is 0.266 e. The Hall–Kier alpha value is -2.20. The summed E-state index contributed by atoms with van der Waals surface area (Å²) in [7, 11) is 0. The normalized spacial score (nSPS) is 10.8. The van der Waals surface area contributed by atoms with Gasteiger partial charge in [-0.2, -0.15) is 0 Å². The van der Waals surface area contributed by atoms with E-state index in [4.69, 9.17) is 0 Å². The van der Waals surface area contributed by atoms with Gasteiger partial charge in [-0.15, -0.1) is 0 Å². The molecule has 2 N–H and O–H groups in total. The number of aryl methyl sites for hydroxylation is 1. The van der Waals surface area contributed by atoms with Gasteiger partial charge in [0.15, 0.2) is 0 Å². The molecule has 3 rings (SSSR count). The summed E-state index contributed by atoms with van der Waals surface area (Å²) in [6, 6.07) is 15.1. The molecule has 1 heterocycles. The minimum atomic E-state index is -0.272. The molecule has 0 saturated carbocycles. The van der Waals surface area contributed by atoms with Crippen molar-refractivity contribution in [1.82, 2.24) is 4.98 Å². The Bertz CT molecular complexity index is 822. The number of aromatic nitrogens is 1. The Kier molecular flexibility index (Phi) is 3.24. The molecule has 3 nitrogen and oxygen atoms in total. The number of benzene rings is 2. The lowest BCUT2D eigenvalue weighted by atomic mass is 10.2. The molecular weight excluding hydrogens is 270 g/mol. The summed E-state index contributed by atoms with van der Waals surface area (Å²) in [5.41, 5.74) is 1.53. The highest BCUT2D eigenvalue weighted by Gasteiger charge is 2.12. The van der Waals surface area contributed by atoms with Gasteiger partial charge < -0.3 is 10.1 Å². The zero-order valence-corrected chi connectivity index (χ0v) is 11.7. The monoisotopic (exact) mass is 283 g/mol. The van der Waals surface area contributed by atoms with Gasteiger partial charge in [-0.3, -0.25) is 4.79 Å². The number of para-hydroxylation sites is 1. The molecule has 2 aromatic carbocycles. The van der Waals surface area contributed by atoms with Crippen LogP contribution in [0.1, 0.15) is 5.56 Å². The number of pyridine rings is 1. The van der Waals surface area contributed by atoms with Gasteiger partial charge >= 0.3 is 0 Å². The average Bonchev–Trinajstić information content (AvgIpc) is 2.45. The molecule has 0 fully saturated rings. The van der Waals surface area contributed by atoms with Gasteiger partial charge in [0.2, 0.25) is 0 Å². The molecule has 0 aliphatic carbocycles. The van der Waals surface area contributed by atoms with Crippen LogP contribution in [0.2, 0.25) is 0 Å². The molecule has 0 radical (unpaired) electrons. The lowest BCUT2D eigenvalue weighted by molar-refractivity contribution is 0.467. The van der Waals surface area contributed by atoms with Crippen molar-refractivity contribution in [3.8, 4) is 5.75 Å². The third-order valence-electron chi connectivity index (χ3n) is 3.09. The minimum Gasteiger partial charge on any atom is -0.506 e. The molecule has 4 heteroatoms. The second-order valence-electron chi connectivity index (χ2n) is 4.59. The van der Waals surface area contributed by atoms with Gasteiger partial charge in [0.05, 0.1) is 5.52 Å². The van der Waals surface area contributed by atoms with E-state index in [2.05, 4.69) is 4.98 Å². The molecular formula is C16H13NO2S. The van der Waals surface area contributed by atoms with Crippen LogP contribution in [-0.2, 0) is 0 Å². The fraction of sp³-hybridized carbons (Fsp3) is 0.0625. The van der Waals surface area contributed by atoms with Crippen LogP contribution in [0.5, 0.6) is 5.75 Å². The first-order valence-electron chi connectivity index (χ1n) is 6.23. The Balaban J connectivity index is 2.11. The highest BCUT2D eigenvalue weighted by Crippen LogP contribution is 2.35. The number of aromatic hydroxyl groups is 1. The van der Waals surface area contributed by atoms with Gasteiger partial charge in [0, 0.05) is 10.3 Å². The third-order valence-corrected chi connectivity index (χ3v) is 4.18. The number of hydrogen-bond donors (Lipinski definition) is 2. The van der Waals surface area contributed by atoms with Crippen LogP contribution in [0.15, 0.2) is 63.1 Å². The molecule has 0 saturated heterocycles. The van der Waals surface area contributed by atoms with Gasteiger partial charge in [-0.25, -0.2) is 0 Å². The Labute approximate surface area is 120 Å². The van der Waals surface area contributed by atoms with Crippen LogP contribution in [0, 0.1) is 6.92 Å². The van der Waals surface area contributed by atoms with Crippen molar-refractivity contribution in [3.63, 3.8) is 0 Å². The van der Waals surface area contributed by atoms with E-state index >= 15 is 0 Å². The van der Waals surface area contributed by atoms with Crippen LogP contribution < -0.4 is 5.56 Å². The van der Waals surface area contributed by atoms with Crippen LogP contribution in [0.4, 0.5) is 0 Å². The van der Waals surface area contributed by atoms with Crippen molar-refractivity contribution in [3.05, 3.63) is 64.4 Å². The lowest BCUT2D eigenvalue weighted by Crippen LogP contribution is -2.08. The topological polar surface area (TPSA) is 53.1 Å². The van der Waals surface area contributed by atoms with Gasteiger partial charge in [0.25, 0.3) is 5.56 Å². The summed E-state index contributed by atoms with van der Waals surface area (Å²) >= 11 is 1.27. The van der Waals surface area contributed by atoms with E-state index in [0.717, 1.165) is 10.5 Å². The van der Waals surface area contributed by atoms with E-state index in [1.54, 1.807) is 12.1 Å². The maximum atomic E-state index is 12.1. The highest BCUT2D eigenvalue weighted by molar-refractivity contribution is 7.99. The Morgan fingerprint density at radius 3 is 2.50 bits per heavy atom. The predicted octanol–water partition coefficient (Wildman–Crippen LogP) is 3.69. The summed E-state index contributed by atoms with van der Waals surface area (Å²) in [4.78, 5) is 16.1. The fourth-order valence-electron chi connectivity index (χ4n) is 2.03. The van der Waals surface area contributed by atoms with E-state index in [0.29, 0.717) is 15.8 Å². The van der Waals surface area contributed by atoms with Crippen molar-refractivity contribution in [2.75, 3.05) is 0 Å². The van der Waals surface area contributed by atoms with Gasteiger partial charge in [-0.05, 0) is 31.2 Å². The molecule has 1 aromatic heterocycles. The summed E-state index contributed by atoms with van der Waals surface area (Å²) in [5, 5.41) is 11.0. The van der Waals surface area contributed by atoms with Crippen molar-refractivity contribution >= 4 is 22.7 Å². The summed E-state index contributed by atoms with van der Waals surface area (Å²) in [5.74, 6) is 0.0370. The molecule has 0 bridgehead atoms. The summed E-state index contributed by atoms with van der Waals surface area (Å²) in [6.45, 7) is 2.01. The average molecular weight is 283 g/mol. The largest absolute Gasteiger partial charge is 0.506 e. The standard InChI is InChI=1S/C16H13NO2S/c1-10-6-8-11(9-7-10)20-15-14(18)12-4-2-3-5-13(12)17-16(15)19/h2-9H,1H3,(H2,17,18,19). The molecule has 100 valence electrons. The van der Waals surface area contributed by atoms with E-state index in [1.807, 2.05) is 43.3 Å². The number of rotatable bonds is 2. The zero-order chi connectivity index (χ0) is 14.1. The minimum absolute atomic E-state index is 0.0370. The first-order chi connectivity index (χ1) is 9.65. The molecule has 0 spiro atoms. The van der Waals surface area contributed by atoms with Crippen molar-refractivity contribution < 1.29 is 5.11 Å². The third kappa shape index (κ3) is 2.30. The number of aromatic amines is 1. The Morgan fingerprint density at radius 2 is 1.75 bits per heavy atom. The van der Waals surface area contributed by atoms with Crippen molar-refractivity contribution in [1.29, 1.82) is 0 Å². The van der Waals surface area contributed by atoms with Crippen LogP contribution in [-0.4, -0.2) is 10.1 Å². The number of nitrogens with one attached hydrogen (secondary N) is 1. The van der Waals surface area contributed by atoms with Crippen molar-refractivity contribution in [2.24, 2.45) is 0 Å². The highest BCUT2D eigenvalue weighted by atomic mass is 32.2. The Morgan fingerprint density at radius 1 is 1.05 bits per heavy atom. The number of H-pyrrole nitrogens is 1. The molecule has 0 aliphatic rings. The quantitative estimate of drug-likeness (QED) is 0.754. The SMILES string of the molecule is Cc1ccc(Sc2c(O)c3ccccc3[nH]c2=O)cc1. The van der Waals surface area contributed by atoms with E-state index in [-0.39, 0.29) is 11.3 Å². The molecule has 20 heavy (non-hydrogen) atoms. The van der Waals surface area contributed by atoms with E-state index in [1.165, 1.54) is 11.8 Å². The predicted molar refractivity (Wildman–Crippen MR) is 81.5 cm³/mol. The molecule has 0 unspecified atom stereocenters. The number of fused-ring (bicyclic) bond motifs is 1. The van der Waals surface area contributed by atoms with Crippen LogP contribution >= 0.6 is 11.8 Å².